The van der Waals surface area contributed by atoms with Crippen LogP contribution in [0.4, 0.5) is 5.69 Å². The van der Waals surface area contributed by atoms with Crippen molar-refractivity contribution >= 4 is 17.3 Å². The molecular formula is C13H20ClNO2. The van der Waals surface area contributed by atoms with Gasteiger partial charge in [0.25, 0.3) is 0 Å². The Hall–Kier alpha value is -0.930. The van der Waals surface area contributed by atoms with Crippen LogP contribution in [0.1, 0.15) is 13.8 Å². The second kappa shape index (κ2) is 7.41. The maximum absolute atomic E-state index is 6.01. The van der Waals surface area contributed by atoms with E-state index < -0.39 is 0 Å². The Bertz CT molecular complexity index is 342. The fourth-order valence-electron chi connectivity index (χ4n) is 1.36. The van der Waals surface area contributed by atoms with E-state index in [1.165, 1.54) is 0 Å². The van der Waals surface area contributed by atoms with Gasteiger partial charge in [-0.05, 0) is 24.1 Å². The molecule has 3 nitrogen and oxygen atoms in total. The Kier molecular flexibility index (Phi) is 6.16. The first-order valence-corrected chi connectivity index (χ1v) is 6.16. The molecular weight excluding hydrogens is 238 g/mol. The molecule has 0 spiro atoms. The number of ether oxygens (including phenoxy) is 2. The number of halogens is 1. The number of benzene rings is 1. The van der Waals surface area contributed by atoms with Crippen molar-refractivity contribution in [3.63, 3.8) is 0 Å². The number of hydrogen-bond donors (Lipinski definition) is 1. The Morgan fingerprint density at radius 3 is 2.71 bits per heavy atom. The Morgan fingerprint density at radius 2 is 2.12 bits per heavy atom. The summed E-state index contributed by atoms with van der Waals surface area (Å²) in [6.07, 6.45) is 0. The molecule has 0 saturated carbocycles. The van der Waals surface area contributed by atoms with Gasteiger partial charge in [-0.25, -0.2) is 0 Å². The van der Waals surface area contributed by atoms with E-state index in [0.29, 0.717) is 23.3 Å². The van der Waals surface area contributed by atoms with Crippen LogP contribution in [0.2, 0.25) is 5.02 Å². The summed E-state index contributed by atoms with van der Waals surface area (Å²) in [6, 6.07) is 5.63. The maximum Gasteiger partial charge on any atom is 0.137 e. The summed E-state index contributed by atoms with van der Waals surface area (Å²) in [5, 5.41) is 3.86. The van der Waals surface area contributed by atoms with Crippen molar-refractivity contribution < 1.29 is 9.47 Å². The minimum absolute atomic E-state index is 0.574. The van der Waals surface area contributed by atoms with Gasteiger partial charge in [-0.1, -0.05) is 25.4 Å². The molecule has 0 bridgehead atoms. The van der Waals surface area contributed by atoms with Gasteiger partial charge in [0.1, 0.15) is 5.75 Å². The normalized spacial score (nSPS) is 10.6. The van der Waals surface area contributed by atoms with Crippen LogP contribution < -0.4 is 10.1 Å². The van der Waals surface area contributed by atoms with Crippen LogP contribution in [0.15, 0.2) is 18.2 Å². The van der Waals surface area contributed by atoms with E-state index in [1.807, 2.05) is 18.2 Å². The summed E-state index contributed by atoms with van der Waals surface area (Å²) >= 11 is 6.01. The first-order chi connectivity index (χ1) is 8.13. The number of nitrogens with one attached hydrogen (secondary N) is 1. The van der Waals surface area contributed by atoms with E-state index in [9.17, 15) is 0 Å². The van der Waals surface area contributed by atoms with Gasteiger partial charge >= 0.3 is 0 Å². The summed E-state index contributed by atoms with van der Waals surface area (Å²) in [6.45, 7) is 6.54. The number of rotatable bonds is 7. The van der Waals surface area contributed by atoms with Crippen molar-refractivity contribution in [2.75, 3.05) is 32.2 Å². The maximum atomic E-state index is 6.01. The smallest absolute Gasteiger partial charge is 0.137 e. The summed E-state index contributed by atoms with van der Waals surface area (Å²) in [4.78, 5) is 0. The molecule has 0 radical (unpaired) electrons. The number of anilines is 1. The largest absolute Gasteiger partial charge is 0.495 e. The minimum atomic E-state index is 0.574. The van der Waals surface area contributed by atoms with Gasteiger partial charge in [0, 0.05) is 18.8 Å². The van der Waals surface area contributed by atoms with E-state index >= 15 is 0 Å². The Balaban J connectivity index is 2.30. The van der Waals surface area contributed by atoms with Crippen LogP contribution in [0.25, 0.3) is 0 Å². The first kappa shape index (κ1) is 14.1. The average Bonchev–Trinajstić information content (AvgIpc) is 2.28. The molecule has 96 valence electrons. The third kappa shape index (κ3) is 5.29. The zero-order valence-electron chi connectivity index (χ0n) is 10.6. The van der Waals surface area contributed by atoms with E-state index in [0.717, 1.165) is 18.8 Å². The van der Waals surface area contributed by atoms with Gasteiger partial charge in [-0.2, -0.15) is 0 Å². The van der Waals surface area contributed by atoms with Crippen molar-refractivity contribution in [1.82, 2.24) is 0 Å². The van der Waals surface area contributed by atoms with Crippen molar-refractivity contribution in [2.24, 2.45) is 5.92 Å². The highest BCUT2D eigenvalue weighted by atomic mass is 35.5. The molecule has 0 aliphatic carbocycles. The van der Waals surface area contributed by atoms with Gasteiger partial charge in [-0.15, -0.1) is 0 Å². The molecule has 4 heteroatoms. The van der Waals surface area contributed by atoms with E-state index in [-0.39, 0.29) is 0 Å². The van der Waals surface area contributed by atoms with Gasteiger partial charge < -0.3 is 14.8 Å². The molecule has 0 atom stereocenters. The molecule has 0 fully saturated rings. The summed E-state index contributed by atoms with van der Waals surface area (Å²) < 4.78 is 10.6. The van der Waals surface area contributed by atoms with Gasteiger partial charge in [0.15, 0.2) is 0 Å². The molecule has 0 aromatic heterocycles. The quantitative estimate of drug-likeness (QED) is 0.759. The lowest BCUT2D eigenvalue weighted by Crippen LogP contribution is -2.12. The van der Waals surface area contributed by atoms with Crippen LogP contribution in [0.5, 0.6) is 5.75 Å². The highest BCUT2D eigenvalue weighted by Crippen LogP contribution is 2.26. The highest BCUT2D eigenvalue weighted by Gasteiger charge is 2.01. The highest BCUT2D eigenvalue weighted by molar-refractivity contribution is 6.32. The van der Waals surface area contributed by atoms with Crippen LogP contribution in [0, 0.1) is 5.92 Å². The fourth-order valence-corrected chi connectivity index (χ4v) is 1.62. The molecule has 0 aliphatic heterocycles. The Labute approximate surface area is 108 Å². The summed E-state index contributed by atoms with van der Waals surface area (Å²) in [5.41, 5.74) is 0.976. The third-order valence-electron chi connectivity index (χ3n) is 2.18. The van der Waals surface area contributed by atoms with Crippen LogP contribution in [0.3, 0.4) is 0 Å². The molecule has 0 amide bonds. The molecule has 1 N–H and O–H groups in total. The summed E-state index contributed by atoms with van der Waals surface area (Å²) in [7, 11) is 1.61. The van der Waals surface area contributed by atoms with Crippen LogP contribution in [-0.4, -0.2) is 26.9 Å². The van der Waals surface area contributed by atoms with Gasteiger partial charge in [0.2, 0.25) is 0 Å². The molecule has 0 heterocycles. The SMILES string of the molecule is COc1ccc(NCCOCC(C)C)cc1Cl. The monoisotopic (exact) mass is 257 g/mol. The average molecular weight is 258 g/mol. The van der Waals surface area contributed by atoms with Gasteiger partial charge in [-0.3, -0.25) is 0 Å². The van der Waals surface area contributed by atoms with Crippen molar-refractivity contribution in [3.05, 3.63) is 23.2 Å². The van der Waals surface area contributed by atoms with Crippen molar-refractivity contribution in [3.8, 4) is 5.75 Å². The summed E-state index contributed by atoms with van der Waals surface area (Å²) in [5.74, 6) is 1.26. The molecule has 1 aromatic carbocycles. The minimum Gasteiger partial charge on any atom is -0.495 e. The number of hydrogen-bond acceptors (Lipinski definition) is 3. The first-order valence-electron chi connectivity index (χ1n) is 5.78. The lowest BCUT2D eigenvalue weighted by Gasteiger charge is -2.10. The fraction of sp³-hybridized carbons (Fsp3) is 0.538. The third-order valence-corrected chi connectivity index (χ3v) is 2.47. The predicted molar refractivity (Wildman–Crippen MR) is 72.2 cm³/mol. The van der Waals surface area contributed by atoms with Crippen molar-refractivity contribution in [1.29, 1.82) is 0 Å². The van der Waals surface area contributed by atoms with Crippen LogP contribution in [-0.2, 0) is 4.74 Å². The standard InChI is InChI=1S/C13H20ClNO2/c1-10(2)9-17-7-6-15-11-4-5-13(16-3)12(14)8-11/h4-5,8,10,15H,6-7,9H2,1-3H3. The second-order valence-electron chi connectivity index (χ2n) is 4.24. The van der Waals surface area contributed by atoms with E-state index in [2.05, 4.69) is 19.2 Å². The van der Waals surface area contributed by atoms with Gasteiger partial charge in [0.05, 0.1) is 18.7 Å². The molecule has 0 aliphatic rings. The van der Waals surface area contributed by atoms with E-state index in [4.69, 9.17) is 21.1 Å². The predicted octanol–water partition coefficient (Wildman–Crippen LogP) is 3.43. The lowest BCUT2D eigenvalue weighted by molar-refractivity contribution is 0.118. The number of methoxy groups -OCH3 is 1. The Morgan fingerprint density at radius 1 is 1.35 bits per heavy atom. The molecule has 0 saturated heterocycles. The lowest BCUT2D eigenvalue weighted by atomic mass is 10.2. The second-order valence-corrected chi connectivity index (χ2v) is 4.65. The van der Waals surface area contributed by atoms with E-state index in [1.54, 1.807) is 7.11 Å². The molecule has 1 aromatic rings. The molecule has 1 rings (SSSR count). The molecule has 17 heavy (non-hydrogen) atoms. The zero-order valence-corrected chi connectivity index (χ0v) is 11.4. The molecule has 0 unspecified atom stereocenters. The topological polar surface area (TPSA) is 30.5 Å². The zero-order chi connectivity index (χ0) is 12.7. The van der Waals surface area contributed by atoms with Crippen molar-refractivity contribution in [2.45, 2.75) is 13.8 Å². The van der Waals surface area contributed by atoms with Crippen LogP contribution >= 0.6 is 11.6 Å².